The molecule has 140 valence electrons. The van der Waals surface area contributed by atoms with Gasteiger partial charge in [-0.3, -0.25) is 19.7 Å². The van der Waals surface area contributed by atoms with Crippen LogP contribution in [0.4, 0.5) is 11.4 Å². The van der Waals surface area contributed by atoms with Gasteiger partial charge in [0.15, 0.2) is 0 Å². The van der Waals surface area contributed by atoms with Gasteiger partial charge in [-0.25, -0.2) is 0 Å². The molecule has 1 N–H and O–H groups in total. The molecule has 0 aliphatic carbocycles. The van der Waals surface area contributed by atoms with E-state index in [9.17, 15) is 19.7 Å². The third kappa shape index (κ3) is 4.29. The fourth-order valence-corrected chi connectivity index (χ4v) is 2.91. The smallest absolute Gasteiger partial charge is 0.270 e. The molecule has 0 bridgehead atoms. The van der Waals surface area contributed by atoms with Crippen LogP contribution in [0.2, 0.25) is 0 Å². The second-order valence-electron chi connectivity index (χ2n) is 6.40. The molecule has 0 radical (unpaired) electrons. The summed E-state index contributed by atoms with van der Waals surface area (Å²) >= 11 is 0. The van der Waals surface area contributed by atoms with Crippen LogP contribution < -0.4 is 5.32 Å². The van der Waals surface area contributed by atoms with Crippen LogP contribution in [0.15, 0.2) is 48.5 Å². The number of nitro benzene ring substituents is 1. The van der Waals surface area contributed by atoms with Gasteiger partial charge in [-0.2, -0.15) is 0 Å². The first-order valence-electron chi connectivity index (χ1n) is 8.58. The summed E-state index contributed by atoms with van der Waals surface area (Å²) in [5.74, 6) is -0.643. The molecule has 2 amide bonds. The van der Waals surface area contributed by atoms with Gasteiger partial charge in [-0.15, -0.1) is 0 Å². The summed E-state index contributed by atoms with van der Waals surface area (Å²) in [5.41, 5.74) is 0.786. The Morgan fingerprint density at radius 1 is 1.04 bits per heavy atom. The lowest BCUT2D eigenvalue weighted by atomic mass is 10.1. The molecule has 3 rings (SSSR count). The van der Waals surface area contributed by atoms with Crippen LogP contribution in [0.5, 0.6) is 0 Å². The van der Waals surface area contributed by atoms with Crippen molar-refractivity contribution in [1.82, 2.24) is 9.80 Å². The van der Waals surface area contributed by atoms with Crippen molar-refractivity contribution in [2.45, 2.75) is 0 Å². The Kier molecular flexibility index (Phi) is 5.46. The fraction of sp³-hybridized carbons (Fsp3) is 0.263. The third-order valence-corrected chi connectivity index (χ3v) is 4.52. The van der Waals surface area contributed by atoms with Crippen LogP contribution in [0.25, 0.3) is 0 Å². The highest BCUT2D eigenvalue weighted by molar-refractivity contribution is 6.09. The predicted octanol–water partition coefficient (Wildman–Crippen LogP) is 2.23. The van der Waals surface area contributed by atoms with Gasteiger partial charge in [0.1, 0.15) is 0 Å². The first-order chi connectivity index (χ1) is 13.0. The Morgan fingerprint density at radius 2 is 1.74 bits per heavy atom. The fourth-order valence-electron chi connectivity index (χ4n) is 2.91. The van der Waals surface area contributed by atoms with Crippen molar-refractivity contribution in [3.05, 3.63) is 69.8 Å². The van der Waals surface area contributed by atoms with Crippen LogP contribution in [-0.2, 0) is 0 Å². The molecule has 27 heavy (non-hydrogen) atoms. The van der Waals surface area contributed by atoms with Crippen molar-refractivity contribution < 1.29 is 14.5 Å². The minimum Gasteiger partial charge on any atom is -0.336 e. The van der Waals surface area contributed by atoms with Crippen LogP contribution in [0.1, 0.15) is 20.7 Å². The number of rotatable bonds is 4. The van der Waals surface area contributed by atoms with Crippen molar-refractivity contribution in [3.8, 4) is 0 Å². The van der Waals surface area contributed by atoms with Crippen molar-refractivity contribution in [2.75, 3.05) is 38.5 Å². The van der Waals surface area contributed by atoms with E-state index in [0.29, 0.717) is 24.3 Å². The number of nitrogens with zero attached hydrogens (tertiary/aromatic N) is 3. The van der Waals surface area contributed by atoms with E-state index in [1.807, 2.05) is 7.05 Å². The van der Waals surface area contributed by atoms with Gasteiger partial charge in [-0.1, -0.05) is 18.2 Å². The summed E-state index contributed by atoms with van der Waals surface area (Å²) in [6.45, 7) is 2.85. The van der Waals surface area contributed by atoms with Crippen molar-refractivity contribution in [3.63, 3.8) is 0 Å². The maximum atomic E-state index is 12.9. The van der Waals surface area contributed by atoms with Crippen LogP contribution in [0, 0.1) is 10.1 Å². The van der Waals surface area contributed by atoms with Crippen molar-refractivity contribution in [1.29, 1.82) is 0 Å². The van der Waals surface area contributed by atoms with E-state index in [1.165, 1.54) is 24.3 Å². The van der Waals surface area contributed by atoms with Crippen LogP contribution >= 0.6 is 0 Å². The molecule has 8 heteroatoms. The monoisotopic (exact) mass is 368 g/mol. The second kappa shape index (κ2) is 7.96. The molecule has 0 saturated carbocycles. The molecule has 0 unspecified atom stereocenters. The number of carbonyl (C=O) groups is 2. The van der Waals surface area contributed by atoms with E-state index in [1.54, 1.807) is 29.2 Å². The van der Waals surface area contributed by atoms with E-state index in [4.69, 9.17) is 0 Å². The normalized spacial score (nSPS) is 14.6. The highest BCUT2D eigenvalue weighted by atomic mass is 16.6. The minimum absolute atomic E-state index is 0.141. The van der Waals surface area contributed by atoms with Crippen molar-refractivity contribution in [2.24, 2.45) is 0 Å². The molecule has 1 heterocycles. The maximum absolute atomic E-state index is 12.9. The third-order valence-electron chi connectivity index (χ3n) is 4.52. The number of hydrogen-bond acceptors (Lipinski definition) is 5. The summed E-state index contributed by atoms with van der Waals surface area (Å²) in [7, 11) is 2.01. The molecule has 1 fully saturated rings. The van der Waals surface area contributed by atoms with E-state index < -0.39 is 10.8 Å². The number of hydrogen-bond donors (Lipinski definition) is 1. The topological polar surface area (TPSA) is 95.8 Å². The number of non-ortho nitro benzene ring substituents is 1. The summed E-state index contributed by atoms with van der Waals surface area (Å²) in [5, 5.41) is 13.6. The van der Waals surface area contributed by atoms with E-state index in [2.05, 4.69) is 10.2 Å². The van der Waals surface area contributed by atoms with Gasteiger partial charge in [0.2, 0.25) is 0 Å². The molecule has 1 aliphatic rings. The number of piperazine rings is 1. The number of nitrogens with one attached hydrogen (secondary N) is 1. The number of nitro groups is 1. The summed E-state index contributed by atoms with van der Waals surface area (Å²) in [6, 6.07) is 12.3. The number of para-hydroxylation sites is 1. The average Bonchev–Trinajstić information content (AvgIpc) is 2.68. The number of anilines is 1. The molecule has 0 atom stereocenters. The summed E-state index contributed by atoms with van der Waals surface area (Å²) in [6.07, 6.45) is 0. The Morgan fingerprint density at radius 3 is 2.44 bits per heavy atom. The van der Waals surface area contributed by atoms with Gasteiger partial charge in [0.05, 0.1) is 16.2 Å². The molecule has 1 aliphatic heterocycles. The lowest BCUT2D eigenvalue weighted by molar-refractivity contribution is -0.384. The molecule has 2 aromatic rings. The lowest BCUT2D eigenvalue weighted by Gasteiger charge is -2.32. The number of benzene rings is 2. The molecule has 0 spiro atoms. The van der Waals surface area contributed by atoms with E-state index in [0.717, 1.165) is 13.1 Å². The average molecular weight is 368 g/mol. The van der Waals surface area contributed by atoms with Crippen molar-refractivity contribution >= 4 is 23.2 Å². The van der Waals surface area contributed by atoms with Crippen LogP contribution in [0.3, 0.4) is 0 Å². The summed E-state index contributed by atoms with van der Waals surface area (Å²) < 4.78 is 0. The molecular weight excluding hydrogens is 348 g/mol. The maximum Gasteiger partial charge on any atom is 0.270 e. The largest absolute Gasteiger partial charge is 0.336 e. The Hall–Kier alpha value is -3.26. The zero-order valence-electron chi connectivity index (χ0n) is 14.9. The first-order valence-corrected chi connectivity index (χ1v) is 8.58. The number of carbonyl (C=O) groups excluding carboxylic acids is 2. The Bertz CT molecular complexity index is 876. The van der Waals surface area contributed by atoms with Gasteiger partial charge >= 0.3 is 0 Å². The standard InChI is InChI=1S/C19H20N4O4/c1-21-9-11-22(12-10-21)19(25)16-7-2-3-8-17(16)20-18(24)14-5-4-6-15(13-14)23(26)27/h2-8,13H,9-12H2,1H3,(H,20,24). The predicted molar refractivity (Wildman–Crippen MR) is 101 cm³/mol. The van der Waals surface area contributed by atoms with Gasteiger partial charge < -0.3 is 15.1 Å². The first kappa shape index (κ1) is 18.5. The zero-order chi connectivity index (χ0) is 19.4. The Labute approximate surface area is 156 Å². The van der Waals surface area contributed by atoms with Crippen LogP contribution in [-0.4, -0.2) is 59.8 Å². The second-order valence-corrected chi connectivity index (χ2v) is 6.40. The van der Waals surface area contributed by atoms with Gasteiger partial charge in [-0.05, 0) is 25.2 Å². The lowest BCUT2D eigenvalue weighted by Crippen LogP contribution is -2.47. The quantitative estimate of drug-likeness (QED) is 0.659. The number of likely N-dealkylation sites (N-methyl/N-ethyl adjacent to an activating group) is 1. The molecule has 0 aromatic heterocycles. The minimum atomic E-state index is -0.554. The number of amides is 2. The molecule has 8 nitrogen and oxygen atoms in total. The van der Waals surface area contributed by atoms with Gasteiger partial charge in [0, 0.05) is 43.9 Å². The Balaban J connectivity index is 1.80. The highest BCUT2D eigenvalue weighted by Gasteiger charge is 2.23. The van der Waals surface area contributed by atoms with E-state index in [-0.39, 0.29) is 17.2 Å². The zero-order valence-corrected chi connectivity index (χ0v) is 14.9. The molecule has 1 saturated heterocycles. The molecule has 2 aromatic carbocycles. The van der Waals surface area contributed by atoms with E-state index >= 15 is 0 Å². The highest BCUT2D eigenvalue weighted by Crippen LogP contribution is 2.20. The van der Waals surface area contributed by atoms with Gasteiger partial charge in [0.25, 0.3) is 17.5 Å². The SMILES string of the molecule is CN1CCN(C(=O)c2ccccc2NC(=O)c2cccc([N+](=O)[O-])c2)CC1. The summed E-state index contributed by atoms with van der Waals surface area (Å²) in [4.78, 5) is 39.6. The molecular formula is C19H20N4O4.